The van der Waals surface area contributed by atoms with E-state index in [4.69, 9.17) is 0 Å². The first-order valence-electron chi connectivity index (χ1n) is 7.75. The summed E-state index contributed by atoms with van der Waals surface area (Å²) in [6.45, 7) is 8.07. The third kappa shape index (κ3) is 4.06. The van der Waals surface area contributed by atoms with Crippen molar-refractivity contribution in [2.45, 2.75) is 57.4 Å². The van der Waals surface area contributed by atoms with Crippen LogP contribution in [0, 0.1) is 13.8 Å². The van der Waals surface area contributed by atoms with Crippen molar-refractivity contribution in [2.75, 3.05) is 19.6 Å². The van der Waals surface area contributed by atoms with Gasteiger partial charge in [0, 0.05) is 28.9 Å². The largest absolute Gasteiger partial charge is 0.313 e. The lowest BCUT2D eigenvalue weighted by Crippen LogP contribution is -2.46. The number of hydrogen-bond acceptors (Lipinski definition) is 4. The summed E-state index contributed by atoms with van der Waals surface area (Å²) in [5.74, 6) is 0. The third-order valence-corrected chi connectivity index (χ3v) is 7.01. The molecule has 0 spiro atoms. The number of thiophene rings is 1. The van der Waals surface area contributed by atoms with Crippen LogP contribution < -0.4 is 5.32 Å². The van der Waals surface area contributed by atoms with E-state index in [1.54, 1.807) is 15.6 Å². The Morgan fingerprint density at radius 1 is 1.38 bits per heavy atom. The van der Waals surface area contributed by atoms with Crippen molar-refractivity contribution in [3.05, 3.63) is 15.8 Å². The molecule has 0 saturated carbocycles. The summed E-state index contributed by atoms with van der Waals surface area (Å²) in [5.41, 5.74) is 0. The Morgan fingerprint density at radius 3 is 2.67 bits per heavy atom. The van der Waals surface area contributed by atoms with Crippen LogP contribution in [0.15, 0.2) is 11.0 Å². The van der Waals surface area contributed by atoms with Crippen molar-refractivity contribution in [3.63, 3.8) is 0 Å². The van der Waals surface area contributed by atoms with Crippen LogP contribution in [0.4, 0.5) is 0 Å². The molecule has 2 rings (SSSR count). The highest BCUT2D eigenvalue weighted by Gasteiger charge is 2.29. The molecule has 1 fully saturated rings. The SMILES string of the molecule is CCCN(CC1CCCCN1)S(=O)(=O)c1cc(C)sc1C. The van der Waals surface area contributed by atoms with E-state index < -0.39 is 10.0 Å². The molecule has 1 aliphatic heterocycles. The van der Waals surface area contributed by atoms with Crippen LogP contribution in [-0.4, -0.2) is 38.4 Å². The number of sulfonamides is 1. The summed E-state index contributed by atoms with van der Waals surface area (Å²) in [4.78, 5) is 2.44. The molecule has 1 N–H and O–H groups in total. The Labute approximate surface area is 132 Å². The average molecular weight is 331 g/mol. The molecule has 0 bridgehead atoms. The Balaban J connectivity index is 2.21. The molecule has 21 heavy (non-hydrogen) atoms. The second kappa shape index (κ2) is 7.22. The quantitative estimate of drug-likeness (QED) is 0.872. The number of nitrogens with zero attached hydrogens (tertiary/aromatic N) is 1. The topological polar surface area (TPSA) is 49.4 Å². The molecule has 0 radical (unpaired) electrons. The molecular weight excluding hydrogens is 304 g/mol. The molecule has 1 aliphatic rings. The molecular formula is C15H26N2O2S2. The molecule has 1 atom stereocenters. The summed E-state index contributed by atoms with van der Waals surface area (Å²) in [5, 5.41) is 3.45. The van der Waals surface area contributed by atoms with Gasteiger partial charge in [0.25, 0.3) is 0 Å². The Morgan fingerprint density at radius 2 is 2.14 bits per heavy atom. The van der Waals surface area contributed by atoms with Gasteiger partial charge in [-0.05, 0) is 45.7 Å². The zero-order valence-corrected chi connectivity index (χ0v) is 14.8. The van der Waals surface area contributed by atoms with E-state index in [2.05, 4.69) is 5.32 Å². The van der Waals surface area contributed by atoms with Crippen LogP contribution in [0.3, 0.4) is 0 Å². The maximum absolute atomic E-state index is 12.9. The minimum Gasteiger partial charge on any atom is -0.313 e. The van der Waals surface area contributed by atoms with Gasteiger partial charge < -0.3 is 5.32 Å². The normalized spacial score (nSPS) is 20.1. The molecule has 6 heteroatoms. The van der Waals surface area contributed by atoms with Crippen LogP contribution in [0.2, 0.25) is 0 Å². The van der Waals surface area contributed by atoms with Gasteiger partial charge in [-0.15, -0.1) is 11.3 Å². The van der Waals surface area contributed by atoms with Crippen LogP contribution in [-0.2, 0) is 10.0 Å². The van der Waals surface area contributed by atoms with Gasteiger partial charge >= 0.3 is 0 Å². The smallest absolute Gasteiger partial charge is 0.244 e. The molecule has 0 aromatic carbocycles. The zero-order valence-electron chi connectivity index (χ0n) is 13.2. The fourth-order valence-electron chi connectivity index (χ4n) is 2.89. The van der Waals surface area contributed by atoms with E-state index in [1.165, 1.54) is 12.8 Å². The molecule has 0 aliphatic carbocycles. The van der Waals surface area contributed by atoms with Crippen molar-refractivity contribution in [1.82, 2.24) is 9.62 Å². The predicted octanol–water partition coefficient (Wildman–Crippen LogP) is 2.91. The van der Waals surface area contributed by atoms with Crippen molar-refractivity contribution in [3.8, 4) is 0 Å². The van der Waals surface area contributed by atoms with Gasteiger partial charge in [-0.25, -0.2) is 8.42 Å². The lowest BCUT2D eigenvalue weighted by molar-refractivity contribution is 0.312. The Bertz CT molecular complexity index is 560. The van der Waals surface area contributed by atoms with Gasteiger partial charge in [0.2, 0.25) is 10.0 Å². The fraction of sp³-hybridized carbons (Fsp3) is 0.733. The van der Waals surface area contributed by atoms with E-state index >= 15 is 0 Å². The van der Waals surface area contributed by atoms with Crippen molar-refractivity contribution in [2.24, 2.45) is 0 Å². The van der Waals surface area contributed by atoms with E-state index in [0.717, 1.165) is 29.1 Å². The minimum absolute atomic E-state index is 0.292. The second-order valence-electron chi connectivity index (χ2n) is 5.79. The van der Waals surface area contributed by atoms with Crippen LogP contribution >= 0.6 is 11.3 Å². The van der Waals surface area contributed by atoms with Crippen LogP contribution in [0.25, 0.3) is 0 Å². The van der Waals surface area contributed by atoms with Crippen molar-refractivity contribution in [1.29, 1.82) is 0 Å². The molecule has 1 aromatic heterocycles. The molecule has 4 nitrogen and oxygen atoms in total. The molecule has 1 saturated heterocycles. The van der Waals surface area contributed by atoms with E-state index in [1.807, 2.05) is 26.8 Å². The van der Waals surface area contributed by atoms with E-state index in [-0.39, 0.29) is 0 Å². The highest BCUT2D eigenvalue weighted by Crippen LogP contribution is 2.28. The van der Waals surface area contributed by atoms with Gasteiger partial charge in [0.05, 0.1) is 4.90 Å². The van der Waals surface area contributed by atoms with E-state index in [9.17, 15) is 8.42 Å². The monoisotopic (exact) mass is 330 g/mol. The summed E-state index contributed by atoms with van der Waals surface area (Å²) in [6, 6.07) is 2.10. The minimum atomic E-state index is -3.37. The molecule has 0 amide bonds. The first-order valence-corrected chi connectivity index (χ1v) is 10.0. The van der Waals surface area contributed by atoms with Crippen molar-refractivity contribution >= 4 is 21.4 Å². The molecule has 1 aromatic rings. The Kier molecular flexibility index (Phi) is 5.82. The molecule has 1 unspecified atom stereocenters. The van der Waals surface area contributed by atoms with Gasteiger partial charge in [-0.2, -0.15) is 4.31 Å². The lowest BCUT2D eigenvalue weighted by Gasteiger charge is -2.29. The van der Waals surface area contributed by atoms with Crippen LogP contribution in [0.5, 0.6) is 0 Å². The highest BCUT2D eigenvalue weighted by atomic mass is 32.2. The summed E-state index contributed by atoms with van der Waals surface area (Å²) >= 11 is 1.56. The fourth-order valence-corrected chi connectivity index (χ4v) is 5.99. The summed E-state index contributed by atoms with van der Waals surface area (Å²) < 4.78 is 27.5. The summed E-state index contributed by atoms with van der Waals surface area (Å²) in [7, 11) is -3.37. The maximum atomic E-state index is 12.9. The van der Waals surface area contributed by atoms with Crippen molar-refractivity contribution < 1.29 is 8.42 Å². The number of piperidine rings is 1. The van der Waals surface area contributed by atoms with Gasteiger partial charge in [0.1, 0.15) is 0 Å². The second-order valence-corrected chi connectivity index (χ2v) is 9.15. The number of hydrogen-bond donors (Lipinski definition) is 1. The average Bonchev–Trinajstić information content (AvgIpc) is 2.79. The number of rotatable bonds is 6. The predicted molar refractivity (Wildman–Crippen MR) is 88.5 cm³/mol. The number of nitrogens with one attached hydrogen (secondary N) is 1. The molecule has 2 heterocycles. The standard InChI is InChI=1S/C15H26N2O2S2/c1-4-9-17(11-14-7-5-6-8-16-14)21(18,19)15-10-12(2)20-13(15)3/h10,14,16H,4-9,11H2,1-3H3. The summed E-state index contributed by atoms with van der Waals surface area (Å²) in [6.07, 6.45) is 4.29. The third-order valence-electron chi connectivity index (χ3n) is 3.92. The first-order chi connectivity index (χ1) is 9.95. The van der Waals surface area contributed by atoms with Gasteiger partial charge in [-0.3, -0.25) is 0 Å². The number of aryl methyl sites for hydroxylation is 2. The molecule has 120 valence electrons. The van der Waals surface area contributed by atoms with Gasteiger partial charge in [0.15, 0.2) is 0 Å². The lowest BCUT2D eigenvalue weighted by atomic mass is 10.1. The highest BCUT2D eigenvalue weighted by molar-refractivity contribution is 7.89. The van der Waals surface area contributed by atoms with Crippen LogP contribution in [0.1, 0.15) is 42.4 Å². The van der Waals surface area contributed by atoms with E-state index in [0.29, 0.717) is 24.0 Å². The Hall–Kier alpha value is -0.430. The van der Waals surface area contributed by atoms with Gasteiger partial charge in [-0.1, -0.05) is 13.3 Å². The first kappa shape index (κ1) is 16.9. The maximum Gasteiger partial charge on any atom is 0.244 e. The zero-order chi connectivity index (χ0) is 15.5.